The fraction of sp³-hybridized carbons (Fsp3) is 0.194. The monoisotopic (exact) mass is 558 g/mol. The Balaban J connectivity index is 1.57. The van der Waals surface area contributed by atoms with Crippen LogP contribution in [0.1, 0.15) is 40.9 Å². The first kappa shape index (κ1) is 28.5. The maximum atomic E-state index is 12.7. The van der Waals surface area contributed by atoms with Crippen LogP contribution in [-0.2, 0) is 17.8 Å². The number of nitrogens with zero attached hydrogens (tertiary/aromatic N) is 1. The van der Waals surface area contributed by atoms with E-state index >= 15 is 0 Å². The standard InChI is InChI=1S/C31H30N2O6S/c1-4-7-23-16-21(17-26(38-6-3)28(23)39-19-20-8-10-22(11-9-20)30(35)36)18-27-29(34)33-31(40-27)32-24-12-14-25(15-13-24)37-5-2/h4,8-18H,1,5-7,19H2,2-3H3,(H,35,36)(H,32,33,34)/b27-18+. The van der Waals surface area contributed by atoms with Crippen molar-refractivity contribution in [3.05, 3.63) is 100 Å². The lowest BCUT2D eigenvalue weighted by Gasteiger charge is -2.17. The number of ether oxygens (including phenoxy) is 3. The van der Waals surface area contributed by atoms with Crippen molar-refractivity contribution >= 4 is 40.6 Å². The molecule has 0 radical (unpaired) electrons. The van der Waals surface area contributed by atoms with Crippen LogP contribution < -0.4 is 19.5 Å². The summed E-state index contributed by atoms with van der Waals surface area (Å²) >= 11 is 1.26. The molecule has 0 bridgehead atoms. The largest absolute Gasteiger partial charge is 0.494 e. The van der Waals surface area contributed by atoms with Gasteiger partial charge in [0.1, 0.15) is 12.4 Å². The quantitative estimate of drug-likeness (QED) is 0.196. The number of amidine groups is 1. The molecule has 40 heavy (non-hydrogen) atoms. The number of carboxylic acid groups (broad SMARTS) is 1. The van der Waals surface area contributed by atoms with Crippen LogP contribution in [0, 0.1) is 0 Å². The Morgan fingerprint density at radius 3 is 2.40 bits per heavy atom. The van der Waals surface area contributed by atoms with Crippen molar-refractivity contribution in [1.29, 1.82) is 0 Å². The first-order chi connectivity index (χ1) is 19.4. The Morgan fingerprint density at radius 1 is 1.02 bits per heavy atom. The molecule has 4 rings (SSSR count). The number of rotatable bonds is 12. The minimum Gasteiger partial charge on any atom is -0.494 e. The van der Waals surface area contributed by atoms with Crippen molar-refractivity contribution in [2.45, 2.75) is 26.9 Å². The number of nitrogens with one attached hydrogen (secondary N) is 1. The number of thioether (sulfide) groups is 1. The maximum absolute atomic E-state index is 12.7. The third kappa shape index (κ3) is 7.33. The minimum absolute atomic E-state index is 0.213. The van der Waals surface area contributed by atoms with Crippen LogP contribution in [0.3, 0.4) is 0 Å². The normalized spacial score (nSPS) is 14.7. The predicted molar refractivity (Wildman–Crippen MR) is 158 cm³/mol. The number of hydrogen-bond acceptors (Lipinski definition) is 7. The molecule has 1 fully saturated rings. The van der Waals surface area contributed by atoms with Crippen molar-refractivity contribution in [3.8, 4) is 17.2 Å². The van der Waals surface area contributed by atoms with Gasteiger partial charge in [0.25, 0.3) is 5.91 Å². The van der Waals surface area contributed by atoms with E-state index in [9.17, 15) is 9.59 Å². The van der Waals surface area contributed by atoms with E-state index in [0.29, 0.717) is 46.9 Å². The van der Waals surface area contributed by atoms with Crippen LogP contribution in [0.5, 0.6) is 17.2 Å². The van der Waals surface area contributed by atoms with Crippen LogP contribution >= 0.6 is 11.8 Å². The molecule has 3 aromatic rings. The Kier molecular flexibility index (Phi) is 9.64. The van der Waals surface area contributed by atoms with Gasteiger partial charge in [0, 0.05) is 5.56 Å². The van der Waals surface area contributed by atoms with Gasteiger partial charge < -0.3 is 24.6 Å². The number of carboxylic acids is 1. The van der Waals surface area contributed by atoms with Crippen molar-refractivity contribution in [1.82, 2.24) is 5.32 Å². The highest BCUT2D eigenvalue weighted by Gasteiger charge is 2.24. The molecule has 1 aliphatic rings. The molecule has 206 valence electrons. The Morgan fingerprint density at radius 2 is 1.75 bits per heavy atom. The summed E-state index contributed by atoms with van der Waals surface area (Å²) in [4.78, 5) is 28.9. The summed E-state index contributed by atoms with van der Waals surface area (Å²) in [5.74, 6) is 0.671. The van der Waals surface area contributed by atoms with Gasteiger partial charge in [-0.2, -0.15) is 0 Å². The van der Waals surface area contributed by atoms with Crippen LogP contribution in [0.15, 0.2) is 83.2 Å². The summed E-state index contributed by atoms with van der Waals surface area (Å²) in [7, 11) is 0. The molecule has 1 aliphatic heterocycles. The molecule has 1 heterocycles. The lowest BCUT2D eigenvalue weighted by atomic mass is 10.0. The van der Waals surface area contributed by atoms with Gasteiger partial charge in [-0.15, -0.1) is 6.58 Å². The van der Waals surface area contributed by atoms with Crippen molar-refractivity contribution in [3.63, 3.8) is 0 Å². The zero-order valence-electron chi connectivity index (χ0n) is 22.3. The van der Waals surface area contributed by atoms with Crippen LogP contribution in [0.2, 0.25) is 0 Å². The Labute approximate surface area is 237 Å². The third-order valence-electron chi connectivity index (χ3n) is 5.73. The van der Waals surface area contributed by atoms with Crippen molar-refractivity contribution in [2.75, 3.05) is 13.2 Å². The summed E-state index contributed by atoms with van der Waals surface area (Å²) in [6.45, 7) is 8.92. The van der Waals surface area contributed by atoms with Gasteiger partial charge in [-0.05, 0) is 97.8 Å². The topological polar surface area (TPSA) is 106 Å². The number of allylic oxidation sites excluding steroid dienone is 1. The molecule has 0 unspecified atom stereocenters. The number of benzene rings is 3. The van der Waals surface area contributed by atoms with E-state index in [4.69, 9.17) is 19.3 Å². The molecule has 3 aromatic carbocycles. The number of amides is 1. The molecule has 9 heteroatoms. The molecule has 2 N–H and O–H groups in total. The van der Waals surface area contributed by atoms with E-state index in [1.54, 1.807) is 36.4 Å². The molecule has 0 spiro atoms. The molecule has 0 aliphatic carbocycles. The fourth-order valence-electron chi connectivity index (χ4n) is 3.93. The van der Waals surface area contributed by atoms with E-state index < -0.39 is 5.97 Å². The lowest BCUT2D eigenvalue weighted by Crippen LogP contribution is -2.19. The van der Waals surface area contributed by atoms with Gasteiger partial charge in [0.05, 0.1) is 29.4 Å². The van der Waals surface area contributed by atoms with Gasteiger partial charge in [0.2, 0.25) is 0 Å². The smallest absolute Gasteiger partial charge is 0.335 e. The van der Waals surface area contributed by atoms with Crippen molar-refractivity contribution in [2.24, 2.45) is 4.99 Å². The average molecular weight is 559 g/mol. The second-order valence-corrected chi connectivity index (χ2v) is 9.66. The number of hydrogen-bond donors (Lipinski definition) is 2. The van der Waals surface area contributed by atoms with Gasteiger partial charge >= 0.3 is 5.97 Å². The zero-order chi connectivity index (χ0) is 28.5. The molecule has 0 saturated carbocycles. The summed E-state index contributed by atoms with van der Waals surface area (Å²) in [5, 5.41) is 12.4. The van der Waals surface area contributed by atoms with Gasteiger partial charge in [-0.3, -0.25) is 4.79 Å². The summed E-state index contributed by atoms with van der Waals surface area (Å²) in [6.07, 6.45) is 4.09. The number of aliphatic imine (C=N–C) groups is 1. The molecule has 8 nitrogen and oxygen atoms in total. The minimum atomic E-state index is -0.979. The SMILES string of the molecule is C=CCc1cc(/C=C2/SC(=Nc3ccc(OCC)cc3)NC2=O)cc(OCC)c1OCc1ccc(C(=O)O)cc1. The van der Waals surface area contributed by atoms with Gasteiger partial charge in [-0.1, -0.05) is 18.2 Å². The number of aromatic carboxylic acids is 1. The highest BCUT2D eigenvalue weighted by molar-refractivity contribution is 8.18. The van der Waals surface area contributed by atoms with E-state index in [1.165, 1.54) is 11.8 Å². The molecule has 0 atom stereocenters. The average Bonchev–Trinajstić information content (AvgIpc) is 3.28. The summed E-state index contributed by atoms with van der Waals surface area (Å²) < 4.78 is 17.5. The highest BCUT2D eigenvalue weighted by atomic mass is 32.2. The number of carbonyl (C=O) groups excluding carboxylic acids is 1. The second kappa shape index (κ2) is 13.5. The van der Waals surface area contributed by atoms with Crippen LogP contribution in [-0.4, -0.2) is 35.4 Å². The first-order valence-electron chi connectivity index (χ1n) is 12.8. The maximum Gasteiger partial charge on any atom is 0.335 e. The molecular formula is C31H30N2O6S. The fourth-order valence-corrected chi connectivity index (χ4v) is 4.77. The molecule has 1 saturated heterocycles. The van der Waals surface area contributed by atoms with Crippen molar-refractivity contribution < 1.29 is 28.9 Å². The molecule has 0 aromatic heterocycles. The molecule has 1 amide bonds. The first-order valence-corrected chi connectivity index (χ1v) is 13.6. The van der Waals surface area contributed by atoms with E-state index in [2.05, 4.69) is 16.9 Å². The van der Waals surface area contributed by atoms with Crippen LogP contribution in [0.4, 0.5) is 5.69 Å². The van der Waals surface area contributed by atoms with Gasteiger partial charge in [-0.25, -0.2) is 9.79 Å². The molecular weight excluding hydrogens is 528 g/mol. The summed E-state index contributed by atoms with van der Waals surface area (Å²) in [6, 6.07) is 17.7. The zero-order valence-corrected chi connectivity index (χ0v) is 23.1. The number of carbonyl (C=O) groups is 2. The van der Waals surface area contributed by atoms with E-state index in [-0.39, 0.29) is 18.1 Å². The van der Waals surface area contributed by atoms with E-state index in [0.717, 1.165) is 22.4 Å². The lowest BCUT2D eigenvalue weighted by molar-refractivity contribution is -0.115. The Hall–Kier alpha value is -4.50. The van der Waals surface area contributed by atoms with Gasteiger partial charge in [0.15, 0.2) is 16.7 Å². The summed E-state index contributed by atoms with van der Waals surface area (Å²) in [5.41, 5.74) is 3.37. The Bertz CT molecular complexity index is 1450. The third-order valence-corrected chi connectivity index (χ3v) is 6.64. The van der Waals surface area contributed by atoms with Crippen LogP contribution in [0.25, 0.3) is 6.08 Å². The predicted octanol–water partition coefficient (Wildman–Crippen LogP) is 6.38. The second-order valence-electron chi connectivity index (χ2n) is 8.63. The highest BCUT2D eigenvalue weighted by Crippen LogP contribution is 2.37. The van der Waals surface area contributed by atoms with E-state index in [1.807, 2.05) is 50.2 Å².